The van der Waals surface area contributed by atoms with Crippen LogP contribution in [0, 0.1) is 18.6 Å². The predicted octanol–water partition coefficient (Wildman–Crippen LogP) is 3.93. The average molecular weight is 511 g/mol. The van der Waals surface area contributed by atoms with Crippen molar-refractivity contribution in [2.24, 2.45) is 0 Å². The van der Waals surface area contributed by atoms with Gasteiger partial charge in [-0.2, -0.15) is 4.98 Å². The topological polar surface area (TPSA) is 144 Å². The number of oxazole rings is 1. The van der Waals surface area contributed by atoms with E-state index < -0.39 is 35.2 Å². The highest BCUT2D eigenvalue weighted by Gasteiger charge is 2.32. The molecule has 1 saturated carbocycles. The van der Waals surface area contributed by atoms with Crippen LogP contribution in [0.25, 0.3) is 33.1 Å². The number of pyridine rings is 1. The summed E-state index contributed by atoms with van der Waals surface area (Å²) in [7, 11) is 1.36. The van der Waals surface area contributed by atoms with Crippen LogP contribution in [-0.4, -0.2) is 39.7 Å². The van der Waals surface area contributed by atoms with E-state index in [4.69, 9.17) is 15.3 Å². The minimum atomic E-state index is -1.37. The van der Waals surface area contributed by atoms with Gasteiger partial charge < -0.3 is 25.1 Å². The summed E-state index contributed by atoms with van der Waals surface area (Å²) in [4.78, 5) is 42.5. The first-order valence-corrected chi connectivity index (χ1v) is 11.5. The van der Waals surface area contributed by atoms with Crippen LogP contribution < -0.4 is 21.5 Å². The quantitative estimate of drug-likeness (QED) is 0.344. The molecule has 37 heavy (non-hydrogen) atoms. The maximum atomic E-state index is 14.8. The predicted molar refractivity (Wildman–Crippen MR) is 133 cm³/mol. The number of hydrogen-bond acceptors (Lipinski definition) is 6. The number of halogens is 2. The SMILES string of the molecule is Cc1c(-c2cc(F)c(N)cc2F)ccc2c3oc(N(C)C(=O)[C@@H](C)NC(=O)O)nc3c(=O)n(C3CC3)c12. The molecule has 2 heterocycles. The Hall–Kier alpha value is -4.48. The van der Waals surface area contributed by atoms with E-state index in [1.807, 2.05) is 0 Å². The third-order valence-corrected chi connectivity index (χ3v) is 6.57. The lowest BCUT2D eigenvalue weighted by Gasteiger charge is -2.17. The minimum absolute atomic E-state index is 0.00417. The van der Waals surface area contributed by atoms with Crippen LogP contribution in [0.15, 0.2) is 33.5 Å². The largest absolute Gasteiger partial charge is 0.465 e. The molecule has 0 unspecified atom stereocenters. The Bertz CT molecular complexity index is 1670. The van der Waals surface area contributed by atoms with Crippen molar-refractivity contribution >= 4 is 45.7 Å². The number of aryl methyl sites for hydroxylation is 1. The van der Waals surface area contributed by atoms with Crippen molar-refractivity contribution in [1.29, 1.82) is 0 Å². The summed E-state index contributed by atoms with van der Waals surface area (Å²) >= 11 is 0. The van der Waals surface area contributed by atoms with Crippen molar-refractivity contribution in [3.8, 4) is 11.1 Å². The van der Waals surface area contributed by atoms with Gasteiger partial charge in [-0.05, 0) is 49.9 Å². The Labute approximate surface area is 208 Å². The summed E-state index contributed by atoms with van der Waals surface area (Å²) in [6.07, 6.45) is 0.154. The van der Waals surface area contributed by atoms with E-state index >= 15 is 0 Å². The third-order valence-electron chi connectivity index (χ3n) is 6.57. The molecule has 4 N–H and O–H groups in total. The van der Waals surface area contributed by atoms with Gasteiger partial charge in [-0.1, -0.05) is 6.07 Å². The van der Waals surface area contributed by atoms with Crippen LogP contribution in [0.4, 0.5) is 25.3 Å². The van der Waals surface area contributed by atoms with Crippen LogP contribution in [0.2, 0.25) is 0 Å². The summed E-state index contributed by atoms with van der Waals surface area (Å²) in [5, 5.41) is 11.5. The summed E-state index contributed by atoms with van der Waals surface area (Å²) in [6, 6.07) is 3.81. The van der Waals surface area contributed by atoms with Gasteiger partial charge in [0.1, 0.15) is 17.7 Å². The van der Waals surface area contributed by atoms with E-state index in [0.29, 0.717) is 22.0 Å². The van der Waals surface area contributed by atoms with Gasteiger partial charge in [-0.25, -0.2) is 13.6 Å². The van der Waals surface area contributed by atoms with Crippen LogP contribution >= 0.6 is 0 Å². The summed E-state index contributed by atoms with van der Waals surface area (Å²) in [5.74, 6) is -2.10. The molecule has 192 valence electrons. The fraction of sp³-hybridized carbons (Fsp3) is 0.280. The van der Waals surface area contributed by atoms with Crippen molar-refractivity contribution < 1.29 is 27.9 Å². The zero-order chi connectivity index (χ0) is 26.8. The Morgan fingerprint density at radius 1 is 1.24 bits per heavy atom. The number of rotatable bonds is 5. The number of nitrogens with zero attached hydrogens (tertiary/aromatic N) is 3. The fourth-order valence-corrected chi connectivity index (χ4v) is 4.56. The molecule has 1 fully saturated rings. The molecule has 2 amide bonds. The van der Waals surface area contributed by atoms with Crippen LogP contribution in [0.3, 0.4) is 0 Å². The lowest BCUT2D eigenvalue weighted by molar-refractivity contribution is -0.120. The molecule has 1 atom stereocenters. The van der Waals surface area contributed by atoms with Gasteiger partial charge in [0.05, 0.1) is 11.2 Å². The lowest BCUT2D eigenvalue weighted by Crippen LogP contribution is -2.45. The highest BCUT2D eigenvalue weighted by atomic mass is 19.1. The molecular formula is C25H23F2N5O5. The maximum absolute atomic E-state index is 14.8. The molecule has 2 aromatic heterocycles. The number of nitrogens with two attached hydrogens (primary N) is 1. The van der Waals surface area contributed by atoms with E-state index in [0.717, 1.165) is 29.9 Å². The molecule has 4 aromatic rings. The molecule has 1 aliphatic rings. The second-order valence-electron chi connectivity index (χ2n) is 9.14. The number of aromatic nitrogens is 2. The number of carboxylic acid groups (broad SMARTS) is 1. The molecule has 5 rings (SSSR count). The number of fused-ring (bicyclic) bond motifs is 3. The minimum Gasteiger partial charge on any atom is -0.465 e. The molecule has 0 radical (unpaired) electrons. The first kappa shape index (κ1) is 24.2. The van der Waals surface area contributed by atoms with Crippen molar-refractivity contribution in [1.82, 2.24) is 14.9 Å². The molecular weight excluding hydrogens is 488 g/mol. The first-order valence-electron chi connectivity index (χ1n) is 11.5. The van der Waals surface area contributed by atoms with Gasteiger partial charge in [0.25, 0.3) is 11.5 Å². The monoisotopic (exact) mass is 511 g/mol. The standard InChI is InChI=1S/C25H23F2N5O5/c1-10-13(15-8-17(27)18(28)9-16(15)26)6-7-14-20(10)32(12-4-5-12)23(34)19-21(14)37-24(30-19)31(3)22(33)11(2)29-25(35)36/h6-9,11-12,29H,4-5,28H2,1-3H3,(H,35,36)/t11-/m1/s1. The van der Waals surface area contributed by atoms with E-state index in [1.54, 1.807) is 23.6 Å². The number of amides is 2. The van der Waals surface area contributed by atoms with Gasteiger partial charge in [-0.15, -0.1) is 0 Å². The second-order valence-corrected chi connectivity index (χ2v) is 9.14. The average Bonchev–Trinajstić information content (AvgIpc) is 3.57. The number of likely N-dealkylation sites (N-methyl/N-ethyl adjacent to an activating group) is 1. The molecule has 0 saturated heterocycles. The second kappa shape index (κ2) is 8.57. The smallest absolute Gasteiger partial charge is 0.405 e. The lowest BCUT2D eigenvalue weighted by atomic mass is 9.96. The van der Waals surface area contributed by atoms with Crippen LogP contribution in [-0.2, 0) is 4.79 Å². The molecule has 0 spiro atoms. The van der Waals surface area contributed by atoms with Gasteiger partial charge >= 0.3 is 12.1 Å². The van der Waals surface area contributed by atoms with Crippen LogP contribution in [0.1, 0.15) is 31.4 Å². The zero-order valence-corrected chi connectivity index (χ0v) is 20.1. The number of hydrogen-bond donors (Lipinski definition) is 3. The first-order chi connectivity index (χ1) is 17.5. The maximum Gasteiger partial charge on any atom is 0.405 e. The number of nitrogens with one attached hydrogen (secondary N) is 1. The van der Waals surface area contributed by atoms with Crippen molar-refractivity contribution in [2.75, 3.05) is 17.7 Å². The molecule has 0 aliphatic heterocycles. The number of nitrogen functional groups attached to an aromatic ring is 1. The Morgan fingerprint density at radius 3 is 2.59 bits per heavy atom. The summed E-state index contributed by atoms with van der Waals surface area (Å²) in [6.45, 7) is 3.08. The highest BCUT2D eigenvalue weighted by Crippen LogP contribution is 2.41. The van der Waals surface area contributed by atoms with E-state index in [1.165, 1.54) is 14.0 Å². The number of anilines is 2. The van der Waals surface area contributed by atoms with Crippen molar-refractivity contribution in [3.05, 3.63) is 51.8 Å². The third kappa shape index (κ3) is 3.94. The van der Waals surface area contributed by atoms with Gasteiger partial charge in [0.15, 0.2) is 11.1 Å². The van der Waals surface area contributed by atoms with Gasteiger partial charge in [-0.3, -0.25) is 14.5 Å². The zero-order valence-electron chi connectivity index (χ0n) is 20.1. The molecule has 12 heteroatoms. The Balaban J connectivity index is 1.73. The summed E-state index contributed by atoms with van der Waals surface area (Å²) in [5.41, 5.74) is 6.30. The molecule has 2 aromatic carbocycles. The number of carbonyl (C=O) groups excluding carboxylic acids is 1. The molecule has 1 aliphatic carbocycles. The highest BCUT2D eigenvalue weighted by molar-refractivity contribution is 6.05. The summed E-state index contributed by atoms with van der Waals surface area (Å²) < 4.78 is 36.5. The van der Waals surface area contributed by atoms with Crippen LogP contribution in [0.5, 0.6) is 0 Å². The van der Waals surface area contributed by atoms with E-state index in [2.05, 4.69) is 10.3 Å². The Morgan fingerprint density at radius 2 is 1.95 bits per heavy atom. The fourth-order valence-electron chi connectivity index (χ4n) is 4.56. The molecule has 0 bridgehead atoms. The van der Waals surface area contributed by atoms with E-state index in [-0.39, 0.29) is 34.4 Å². The normalized spacial score (nSPS) is 14.2. The van der Waals surface area contributed by atoms with Gasteiger partial charge in [0.2, 0.25) is 0 Å². The van der Waals surface area contributed by atoms with Gasteiger partial charge in [0, 0.05) is 30.1 Å². The van der Waals surface area contributed by atoms with Crippen molar-refractivity contribution in [3.63, 3.8) is 0 Å². The number of benzene rings is 2. The molecule has 10 nitrogen and oxygen atoms in total. The number of carbonyl (C=O) groups is 2. The van der Waals surface area contributed by atoms with E-state index in [9.17, 15) is 23.2 Å². The Kier molecular flexibility index (Phi) is 5.61. The van der Waals surface area contributed by atoms with Crippen molar-refractivity contribution in [2.45, 2.75) is 38.8 Å².